The molecule has 1 atom stereocenters. The third kappa shape index (κ3) is 7.35. The van der Waals surface area contributed by atoms with E-state index < -0.39 is 11.5 Å². The number of aromatic amines is 1. The van der Waals surface area contributed by atoms with Gasteiger partial charge in [-0.2, -0.15) is 5.10 Å². The van der Waals surface area contributed by atoms with Crippen LogP contribution in [-0.4, -0.2) is 43.3 Å². The second kappa shape index (κ2) is 13.3. The van der Waals surface area contributed by atoms with E-state index >= 15 is 0 Å². The van der Waals surface area contributed by atoms with Gasteiger partial charge >= 0.3 is 0 Å². The van der Waals surface area contributed by atoms with E-state index in [0.717, 1.165) is 44.1 Å². The Morgan fingerprint density at radius 3 is 2.41 bits per heavy atom. The summed E-state index contributed by atoms with van der Waals surface area (Å²) in [6.45, 7) is 13.7. The molecule has 46 heavy (non-hydrogen) atoms. The molecule has 0 saturated heterocycles. The topological polar surface area (TPSA) is 103 Å². The Morgan fingerprint density at radius 2 is 1.83 bits per heavy atom. The SMILES string of the molecule is CCC(C)(C)C1CCC2(CC1)N=C(c1cc(F)cc(Cl)c1)C(=O)N2C(CCC(C)(C)C)c1ccc(C(=O)NCc2ncn[nH]2)cc1. The Hall–Kier alpha value is -3.59. The summed E-state index contributed by atoms with van der Waals surface area (Å²) in [6.07, 6.45) is 7.41. The summed E-state index contributed by atoms with van der Waals surface area (Å²) in [4.78, 5) is 38.8. The van der Waals surface area contributed by atoms with Gasteiger partial charge in [-0.05, 0) is 91.2 Å². The largest absolute Gasteiger partial charge is 0.345 e. The Labute approximate surface area is 276 Å². The van der Waals surface area contributed by atoms with Gasteiger partial charge in [0.2, 0.25) is 0 Å². The molecule has 1 saturated carbocycles. The molecule has 2 aromatic carbocycles. The van der Waals surface area contributed by atoms with Crippen LogP contribution in [0.1, 0.15) is 120 Å². The quantitative estimate of drug-likeness (QED) is 0.232. The zero-order valence-corrected chi connectivity index (χ0v) is 28.5. The maximum atomic E-state index is 14.6. The van der Waals surface area contributed by atoms with Crippen molar-refractivity contribution in [2.24, 2.45) is 21.7 Å². The minimum Gasteiger partial charge on any atom is -0.345 e. The van der Waals surface area contributed by atoms with Crippen LogP contribution in [0.3, 0.4) is 0 Å². The number of H-pyrrole nitrogens is 1. The van der Waals surface area contributed by atoms with E-state index in [1.54, 1.807) is 18.2 Å². The highest BCUT2D eigenvalue weighted by Gasteiger charge is 2.53. The summed E-state index contributed by atoms with van der Waals surface area (Å²) < 4.78 is 14.6. The predicted molar refractivity (Wildman–Crippen MR) is 179 cm³/mol. The highest BCUT2D eigenvalue weighted by Crippen LogP contribution is 2.51. The number of amides is 2. The number of hydrogen-bond donors (Lipinski definition) is 2. The van der Waals surface area contributed by atoms with E-state index in [4.69, 9.17) is 16.6 Å². The molecule has 1 fully saturated rings. The molecular weight excluding hydrogens is 603 g/mol. The third-order valence-corrected chi connectivity index (χ3v) is 10.3. The predicted octanol–water partition coefficient (Wildman–Crippen LogP) is 8.05. The van der Waals surface area contributed by atoms with Crippen LogP contribution < -0.4 is 5.32 Å². The van der Waals surface area contributed by atoms with E-state index in [1.807, 2.05) is 17.0 Å². The molecular formula is C36H46ClFN6O2. The van der Waals surface area contributed by atoms with Crippen LogP contribution >= 0.6 is 11.6 Å². The van der Waals surface area contributed by atoms with Gasteiger partial charge in [-0.15, -0.1) is 0 Å². The molecule has 2 aliphatic rings. The highest BCUT2D eigenvalue weighted by molar-refractivity contribution is 6.47. The molecule has 246 valence electrons. The zero-order chi connectivity index (χ0) is 33.3. The molecule has 0 bridgehead atoms. The molecule has 2 N–H and O–H groups in total. The molecule has 0 radical (unpaired) electrons. The Balaban J connectivity index is 1.51. The number of nitrogens with one attached hydrogen (secondary N) is 2. The maximum Gasteiger partial charge on any atom is 0.275 e. The lowest BCUT2D eigenvalue weighted by Crippen LogP contribution is -2.51. The molecule has 10 heteroatoms. The first-order valence-corrected chi connectivity index (χ1v) is 16.7. The summed E-state index contributed by atoms with van der Waals surface area (Å²) in [7, 11) is 0. The van der Waals surface area contributed by atoms with Crippen molar-refractivity contribution in [2.45, 2.75) is 105 Å². The fourth-order valence-corrected chi connectivity index (χ4v) is 7.10. The van der Waals surface area contributed by atoms with Gasteiger partial charge in [0.05, 0.1) is 12.6 Å². The lowest BCUT2D eigenvalue weighted by atomic mass is 9.67. The number of benzene rings is 2. The molecule has 1 aliphatic carbocycles. The fraction of sp³-hybridized carbons (Fsp3) is 0.528. The molecule has 2 amide bonds. The lowest BCUT2D eigenvalue weighted by Gasteiger charge is -2.48. The average molecular weight is 649 g/mol. The summed E-state index contributed by atoms with van der Waals surface area (Å²) >= 11 is 6.26. The van der Waals surface area contributed by atoms with Crippen LogP contribution in [0.5, 0.6) is 0 Å². The number of aliphatic imine (C=N–C) groups is 1. The Bertz CT molecular complexity index is 1550. The van der Waals surface area contributed by atoms with E-state index in [-0.39, 0.29) is 46.0 Å². The van der Waals surface area contributed by atoms with Crippen molar-refractivity contribution in [3.05, 3.63) is 82.1 Å². The van der Waals surface area contributed by atoms with Crippen molar-refractivity contribution < 1.29 is 14.0 Å². The van der Waals surface area contributed by atoms with Crippen LogP contribution in [-0.2, 0) is 11.3 Å². The first-order valence-electron chi connectivity index (χ1n) is 16.3. The van der Waals surface area contributed by atoms with Crippen molar-refractivity contribution in [3.8, 4) is 0 Å². The van der Waals surface area contributed by atoms with Crippen molar-refractivity contribution in [1.29, 1.82) is 0 Å². The maximum absolute atomic E-state index is 14.6. The Kier molecular flexibility index (Phi) is 9.73. The highest BCUT2D eigenvalue weighted by atomic mass is 35.5. The van der Waals surface area contributed by atoms with Crippen LogP contribution in [0.25, 0.3) is 0 Å². The van der Waals surface area contributed by atoms with E-state index in [2.05, 4.69) is 62.0 Å². The molecule has 1 spiro atoms. The van der Waals surface area contributed by atoms with Crippen molar-refractivity contribution in [2.75, 3.05) is 0 Å². The van der Waals surface area contributed by atoms with Crippen LogP contribution in [0, 0.1) is 22.6 Å². The van der Waals surface area contributed by atoms with Crippen LogP contribution in [0.2, 0.25) is 5.02 Å². The summed E-state index contributed by atoms with van der Waals surface area (Å²) in [5, 5.41) is 9.65. The van der Waals surface area contributed by atoms with Gasteiger partial charge in [0, 0.05) is 16.1 Å². The van der Waals surface area contributed by atoms with Crippen LogP contribution in [0.15, 0.2) is 53.8 Å². The van der Waals surface area contributed by atoms with Crippen molar-refractivity contribution in [3.63, 3.8) is 0 Å². The number of halogens is 2. The van der Waals surface area contributed by atoms with E-state index in [0.29, 0.717) is 29.3 Å². The van der Waals surface area contributed by atoms with Gasteiger partial charge in [0.25, 0.3) is 11.8 Å². The Morgan fingerprint density at radius 1 is 1.13 bits per heavy atom. The van der Waals surface area contributed by atoms with Gasteiger partial charge < -0.3 is 10.2 Å². The number of nitrogens with zero attached hydrogens (tertiary/aromatic N) is 4. The molecule has 5 rings (SSSR count). The summed E-state index contributed by atoms with van der Waals surface area (Å²) in [5.41, 5.74) is 1.58. The second-order valence-electron chi connectivity index (χ2n) is 14.7. The first kappa shape index (κ1) is 33.8. The van der Waals surface area contributed by atoms with Crippen molar-refractivity contribution >= 4 is 29.1 Å². The molecule has 3 aromatic rings. The number of rotatable bonds is 10. The standard InChI is InChI=1S/C36H46ClFN6O2/c1-7-35(5,6)26-12-16-36(17-13-26)42-31(25-18-27(37)20-28(38)19-25)33(46)44(36)29(14-15-34(2,3)4)23-8-10-24(11-9-23)32(45)39-21-30-40-22-41-43-30/h8-11,18-20,22,26,29H,7,12-17,21H2,1-6H3,(H,39,45)(H,40,41,43). The fourth-order valence-electron chi connectivity index (χ4n) is 6.88. The van der Waals surface area contributed by atoms with Gasteiger partial charge in [-0.3, -0.25) is 19.7 Å². The monoisotopic (exact) mass is 648 g/mol. The number of aromatic nitrogens is 3. The molecule has 2 heterocycles. The van der Waals surface area contributed by atoms with E-state index in [9.17, 15) is 14.0 Å². The third-order valence-electron chi connectivity index (χ3n) is 10.0. The minimum atomic E-state index is -0.749. The summed E-state index contributed by atoms with van der Waals surface area (Å²) in [5.74, 6) is 0.152. The number of carbonyl (C=O) groups is 2. The van der Waals surface area contributed by atoms with Gasteiger partial charge in [-0.25, -0.2) is 9.37 Å². The smallest absolute Gasteiger partial charge is 0.275 e. The van der Waals surface area contributed by atoms with Gasteiger partial charge in [0.15, 0.2) is 0 Å². The van der Waals surface area contributed by atoms with Gasteiger partial charge in [0.1, 0.15) is 29.3 Å². The summed E-state index contributed by atoms with van der Waals surface area (Å²) in [6, 6.07) is 11.4. The molecule has 8 nitrogen and oxygen atoms in total. The zero-order valence-electron chi connectivity index (χ0n) is 27.8. The van der Waals surface area contributed by atoms with Gasteiger partial charge in [-0.1, -0.05) is 71.7 Å². The normalized spacial score (nSPS) is 21.0. The number of carbonyl (C=O) groups excluding carboxylic acids is 2. The average Bonchev–Trinajstić information content (AvgIpc) is 3.62. The van der Waals surface area contributed by atoms with E-state index in [1.165, 1.54) is 18.5 Å². The molecule has 1 aromatic heterocycles. The molecule has 1 unspecified atom stereocenters. The van der Waals surface area contributed by atoms with Crippen LogP contribution in [0.4, 0.5) is 4.39 Å². The second-order valence-corrected chi connectivity index (χ2v) is 15.2. The lowest BCUT2D eigenvalue weighted by molar-refractivity contribution is -0.134. The first-order chi connectivity index (χ1) is 21.7. The van der Waals surface area contributed by atoms with Crippen molar-refractivity contribution in [1.82, 2.24) is 25.4 Å². The number of hydrogen-bond acceptors (Lipinski definition) is 5. The minimum absolute atomic E-state index is 0.0251. The molecule has 1 aliphatic heterocycles.